The van der Waals surface area contributed by atoms with E-state index in [1.54, 1.807) is 0 Å². The maximum atomic E-state index is 11.8. The first-order valence-corrected chi connectivity index (χ1v) is 5.57. The molecule has 0 saturated carbocycles. The molecule has 7 nitrogen and oxygen atoms in total. The van der Waals surface area contributed by atoms with Crippen LogP contribution in [0, 0.1) is 0 Å². The number of carbonyl (C=O) groups excluding carboxylic acids is 3. The molecule has 4 amide bonds. The van der Waals surface area contributed by atoms with E-state index in [-0.39, 0.29) is 32.1 Å². The lowest BCUT2D eigenvalue weighted by Crippen LogP contribution is -2.44. The summed E-state index contributed by atoms with van der Waals surface area (Å²) in [6.45, 7) is 2.18. The maximum Gasteiger partial charge on any atom is 0.325 e. The van der Waals surface area contributed by atoms with Gasteiger partial charge in [-0.15, -0.1) is 0 Å². The Bertz CT molecular complexity index is 297. The second-order valence-corrected chi connectivity index (χ2v) is 3.74. The van der Waals surface area contributed by atoms with Crippen LogP contribution in [-0.4, -0.2) is 65.5 Å². The van der Waals surface area contributed by atoms with E-state index in [9.17, 15) is 14.4 Å². The van der Waals surface area contributed by atoms with Gasteiger partial charge in [0.25, 0.3) is 5.91 Å². The number of carbonyl (C=O) groups is 3. The molecule has 0 spiro atoms. The first-order valence-electron chi connectivity index (χ1n) is 5.57. The normalized spacial score (nSPS) is 15.1. The predicted octanol–water partition coefficient (Wildman–Crippen LogP) is -1.23. The third kappa shape index (κ3) is 3.42. The van der Waals surface area contributed by atoms with E-state index in [2.05, 4.69) is 5.32 Å². The van der Waals surface area contributed by atoms with Gasteiger partial charge >= 0.3 is 6.03 Å². The van der Waals surface area contributed by atoms with Crippen molar-refractivity contribution in [1.29, 1.82) is 0 Å². The molecule has 0 bridgehead atoms. The maximum absolute atomic E-state index is 11.8. The van der Waals surface area contributed by atoms with Gasteiger partial charge in [0.15, 0.2) is 0 Å². The summed E-state index contributed by atoms with van der Waals surface area (Å²) in [4.78, 5) is 36.7. The molecule has 17 heavy (non-hydrogen) atoms. The summed E-state index contributed by atoms with van der Waals surface area (Å²) in [5.41, 5.74) is 0. The van der Waals surface area contributed by atoms with E-state index in [1.807, 2.05) is 6.92 Å². The number of hydrogen-bond acceptors (Lipinski definition) is 4. The molecule has 1 aliphatic rings. The van der Waals surface area contributed by atoms with Crippen LogP contribution in [0.25, 0.3) is 0 Å². The highest BCUT2D eigenvalue weighted by atomic mass is 16.3. The first kappa shape index (κ1) is 13.4. The third-order valence-corrected chi connectivity index (χ3v) is 2.45. The Hall–Kier alpha value is -1.63. The topological polar surface area (TPSA) is 89.9 Å². The average Bonchev–Trinajstić information content (AvgIpc) is 2.60. The van der Waals surface area contributed by atoms with Crippen molar-refractivity contribution in [2.24, 2.45) is 0 Å². The van der Waals surface area contributed by atoms with Gasteiger partial charge in [-0.3, -0.25) is 14.5 Å². The zero-order valence-corrected chi connectivity index (χ0v) is 9.81. The van der Waals surface area contributed by atoms with Gasteiger partial charge in [0.05, 0.1) is 13.2 Å². The van der Waals surface area contributed by atoms with Crippen LogP contribution in [0.2, 0.25) is 0 Å². The number of aliphatic hydroxyl groups is 1. The molecule has 2 N–H and O–H groups in total. The Morgan fingerprint density at radius 3 is 2.65 bits per heavy atom. The van der Waals surface area contributed by atoms with Gasteiger partial charge in [0.1, 0.15) is 6.54 Å². The highest BCUT2D eigenvalue weighted by molar-refractivity contribution is 6.04. The second-order valence-electron chi connectivity index (χ2n) is 3.74. The summed E-state index contributed by atoms with van der Waals surface area (Å²) in [6, 6.07) is -0.538. The number of nitrogens with one attached hydrogen (secondary N) is 1. The minimum atomic E-state index is -0.538. The van der Waals surface area contributed by atoms with Crippen molar-refractivity contribution in [3.8, 4) is 0 Å². The average molecular weight is 243 g/mol. The smallest absolute Gasteiger partial charge is 0.325 e. The summed E-state index contributed by atoms with van der Waals surface area (Å²) in [5, 5.41) is 11.2. The van der Waals surface area contributed by atoms with Crippen LogP contribution in [0.5, 0.6) is 0 Å². The van der Waals surface area contributed by atoms with Crippen LogP contribution >= 0.6 is 0 Å². The quantitative estimate of drug-likeness (QED) is 0.571. The van der Waals surface area contributed by atoms with E-state index in [4.69, 9.17) is 5.11 Å². The molecule has 96 valence electrons. The molecular weight excluding hydrogens is 226 g/mol. The van der Waals surface area contributed by atoms with Crippen molar-refractivity contribution in [1.82, 2.24) is 15.1 Å². The van der Waals surface area contributed by atoms with Gasteiger partial charge in [-0.25, -0.2) is 4.79 Å². The zero-order chi connectivity index (χ0) is 12.8. The predicted molar refractivity (Wildman–Crippen MR) is 59.1 cm³/mol. The van der Waals surface area contributed by atoms with Gasteiger partial charge in [0, 0.05) is 13.1 Å². The van der Waals surface area contributed by atoms with E-state index in [0.29, 0.717) is 6.54 Å². The summed E-state index contributed by atoms with van der Waals surface area (Å²) in [5.74, 6) is -0.727. The molecule has 0 unspecified atom stereocenters. The summed E-state index contributed by atoms with van der Waals surface area (Å²) >= 11 is 0. The number of rotatable bonds is 6. The Labute approximate surface area is 99.4 Å². The van der Waals surface area contributed by atoms with Crippen molar-refractivity contribution >= 4 is 17.8 Å². The fourth-order valence-electron chi connectivity index (χ4n) is 1.60. The van der Waals surface area contributed by atoms with Crippen LogP contribution < -0.4 is 5.32 Å². The number of urea groups is 1. The van der Waals surface area contributed by atoms with Crippen molar-refractivity contribution < 1.29 is 19.5 Å². The second kappa shape index (κ2) is 6.19. The van der Waals surface area contributed by atoms with E-state index in [0.717, 1.165) is 11.3 Å². The monoisotopic (exact) mass is 243 g/mol. The lowest BCUT2D eigenvalue weighted by atomic mass is 10.3. The van der Waals surface area contributed by atoms with Gasteiger partial charge in [-0.05, 0) is 6.42 Å². The van der Waals surface area contributed by atoms with Crippen molar-refractivity contribution in [3.05, 3.63) is 0 Å². The number of imide groups is 1. The molecule has 1 rings (SSSR count). The highest BCUT2D eigenvalue weighted by Crippen LogP contribution is 2.01. The Kier molecular flexibility index (Phi) is 4.89. The molecule has 1 fully saturated rings. The molecule has 7 heteroatoms. The van der Waals surface area contributed by atoms with Crippen molar-refractivity contribution in [2.75, 3.05) is 32.8 Å². The van der Waals surface area contributed by atoms with E-state index >= 15 is 0 Å². The van der Waals surface area contributed by atoms with Crippen LogP contribution in [0.4, 0.5) is 4.79 Å². The van der Waals surface area contributed by atoms with Crippen LogP contribution in [-0.2, 0) is 9.59 Å². The van der Waals surface area contributed by atoms with Crippen LogP contribution in [0.1, 0.15) is 13.3 Å². The fourth-order valence-corrected chi connectivity index (χ4v) is 1.60. The largest absolute Gasteiger partial charge is 0.395 e. The number of hydrogen-bond donors (Lipinski definition) is 2. The molecule has 0 aromatic carbocycles. The third-order valence-electron chi connectivity index (χ3n) is 2.45. The van der Waals surface area contributed by atoms with E-state index in [1.165, 1.54) is 4.90 Å². The molecule has 0 aromatic rings. The van der Waals surface area contributed by atoms with Crippen molar-refractivity contribution in [2.45, 2.75) is 13.3 Å². The highest BCUT2D eigenvalue weighted by Gasteiger charge is 2.31. The number of amides is 4. The fraction of sp³-hybridized carbons (Fsp3) is 0.700. The summed E-state index contributed by atoms with van der Waals surface area (Å²) in [6.07, 6.45) is 0.756. The van der Waals surface area contributed by atoms with Crippen LogP contribution in [0.3, 0.4) is 0 Å². The Morgan fingerprint density at radius 1 is 1.47 bits per heavy atom. The minimum absolute atomic E-state index is 0.0557. The van der Waals surface area contributed by atoms with Crippen molar-refractivity contribution in [3.63, 3.8) is 0 Å². The Morgan fingerprint density at radius 2 is 2.18 bits per heavy atom. The van der Waals surface area contributed by atoms with Crippen LogP contribution in [0.15, 0.2) is 0 Å². The SMILES string of the molecule is CCCN(CCO)C(=O)CN1C(=O)CNC1=O. The molecule has 1 aliphatic heterocycles. The lowest BCUT2D eigenvalue weighted by Gasteiger charge is -2.23. The Balaban J connectivity index is 2.56. The molecule has 0 atom stereocenters. The number of nitrogens with zero attached hydrogens (tertiary/aromatic N) is 2. The van der Waals surface area contributed by atoms with Gasteiger partial charge in [-0.1, -0.05) is 6.92 Å². The molecule has 0 aromatic heterocycles. The first-order chi connectivity index (χ1) is 8.10. The number of aliphatic hydroxyl groups excluding tert-OH is 1. The summed E-state index contributed by atoms with van der Waals surface area (Å²) in [7, 11) is 0. The van der Waals surface area contributed by atoms with Gasteiger partial charge in [-0.2, -0.15) is 0 Å². The standard InChI is InChI=1S/C10H17N3O4/c1-2-3-12(4-5-14)9(16)7-13-8(15)6-11-10(13)17/h14H,2-7H2,1H3,(H,11,17). The minimum Gasteiger partial charge on any atom is -0.395 e. The summed E-state index contributed by atoms with van der Waals surface area (Å²) < 4.78 is 0. The van der Waals surface area contributed by atoms with E-state index < -0.39 is 11.9 Å². The van der Waals surface area contributed by atoms with Gasteiger partial charge < -0.3 is 15.3 Å². The molecule has 0 radical (unpaired) electrons. The molecule has 0 aliphatic carbocycles. The molecular formula is C10H17N3O4. The molecule has 1 saturated heterocycles. The molecule has 1 heterocycles. The van der Waals surface area contributed by atoms with Gasteiger partial charge in [0.2, 0.25) is 5.91 Å². The zero-order valence-electron chi connectivity index (χ0n) is 9.81. The lowest BCUT2D eigenvalue weighted by molar-refractivity contribution is -0.136.